The van der Waals surface area contributed by atoms with Crippen molar-refractivity contribution in [2.75, 3.05) is 7.11 Å². The van der Waals surface area contributed by atoms with Crippen molar-refractivity contribution in [2.45, 2.75) is 0 Å². The molecule has 0 aliphatic rings. The lowest BCUT2D eigenvalue weighted by Gasteiger charge is -1.98. The van der Waals surface area contributed by atoms with Gasteiger partial charge in [-0.1, -0.05) is 0 Å². The molecule has 0 radical (unpaired) electrons. The average molecular weight is 124 g/mol. The predicted octanol–water partition coefficient (Wildman–Crippen LogP) is 0.0250. The van der Waals surface area contributed by atoms with Crippen molar-refractivity contribution in [3.05, 3.63) is 0 Å². The zero-order chi connectivity index (χ0) is 5.70. The van der Waals surface area contributed by atoms with E-state index < -0.39 is 8.60 Å². The summed E-state index contributed by atoms with van der Waals surface area (Å²) in [6, 6.07) is 0. The van der Waals surface area contributed by atoms with Crippen molar-refractivity contribution in [1.29, 1.82) is 0 Å². The summed E-state index contributed by atoms with van der Waals surface area (Å²) >= 11 is 0. The minimum absolute atomic E-state index is 0.134. The third kappa shape index (κ3) is 3.66. The summed E-state index contributed by atoms with van der Waals surface area (Å²) in [7, 11) is -0.701. The van der Waals surface area contributed by atoms with Crippen LogP contribution in [0.3, 0.4) is 0 Å². The molecule has 4 nitrogen and oxygen atoms in total. The fourth-order valence-corrected chi connectivity index (χ4v) is 0.240. The lowest BCUT2D eigenvalue weighted by Crippen LogP contribution is -1.80. The SMILES string of the molecule is COP(O)OC=O. The summed E-state index contributed by atoms with van der Waals surface area (Å²) in [4.78, 5) is 17.6. The lowest BCUT2D eigenvalue weighted by molar-refractivity contribution is -0.121. The van der Waals surface area contributed by atoms with Gasteiger partial charge in [0.15, 0.2) is 0 Å². The largest absolute Gasteiger partial charge is 0.397 e. The highest BCUT2D eigenvalue weighted by molar-refractivity contribution is 7.41. The van der Waals surface area contributed by atoms with E-state index in [1.54, 1.807) is 0 Å². The van der Waals surface area contributed by atoms with Crippen LogP contribution in [0.25, 0.3) is 0 Å². The van der Waals surface area contributed by atoms with E-state index in [1.165, 1.54) is 7.11 Å². The van der Waals surface area contributed by atoms with E-state index in [2.05, 4.69) is 9.05 Å². The molecular formula is C2H5O4P. The lowest BCUT2D eigenvalue weighted by atomic mass is 11.7. The molecule has 1 unspecified atom stereocenters. The Balaban J connectivity index is 2.98. The average Bonchev–Trinajstić information content (AvgIpc) is 1.68. The maximum absolute atomic E-state index is 9.33. The Morgan fingerprint density at radius 2 is 2.43 bits per heavy atom. The first kappa shape index (κ1) is 6.82. The van der Waals surface area contributed by atoms with Crippen molar-refractivity contribution < 1.29 is 18.7 Å². The number of carbonyl (C=O) groups is 1. The van der Waals surface area contributed by atoms with Crippen LogP contribution >= 0.6 is 8.60 Å². The summed E-state index contributed by atoms with van der Waals surface area (Å²) in [5.41, 5.74) is 0. The van der Waals surface area contributed by atoms with E-state index in [1.807, 2.05) is 0 Å². The number of rotatable bonds is 3. The molecule has 0 amide bonds. The van der Waals surface area contributed by atoms with Gasteiger partial charge in [-0.05, 0) is 0 Å². The van der Waals surface area contributed by atoms with E-state index in [0.717, 1.165) is 0 Å². The second kappa shape index (κ2) is 3.99. The third-order valence-corrected chi connectivity index (χ3v) is 0.868. The molecule has 42 valence electrons. The number of hydrogen-bond acceptors (Lipinski definition) is 4. The molecular weight excluding hydrogens is 119 g/mol. The normalized spacial score (nSPS) is 12.9. The van der Waals surface area contributed by atoms with Crippen LogP contribution < -0.4 is 0 Å². The fourth-order valence-electron chi connectivity index (χ4n) is 0.0798. The highest BCUT2D eigenvalue weighted by Crippen LogP contribution is 2.28. The van der Waals surface area contributed by atoms with Gasteiger partial charge in [-0.3, -0.25) is 4.79 Å². The monoisotopic (exact) mass is 124 g/mol. The van der Waals surface area contributed by atoms with Gasteiger partial charge in [-0.15, -0.1) is 0 Å². The van der Waals surface area contributed by atoms with E-state index in [4.69, 9.17) is 4.89 Å². The molecule has 0 fully saturated rings. The molecule has 7 heavy (non-hydrogen) atoms. The zero-order valence-electron chi connectivity index (χ0n) is 3.70. The van der Waals surface area contributed by atoms with Gasteiger partial charge in [0.1, 0.15) is 0 Å². The Morgan fingerprint density at radius 3 is 2.57 bits per heavy atom. The van der Waals surface area contributed by atoms with Crippen LogP contribution in [-0.4, -0.2) is 18.5 Å². The van der Waals surface area contributed by atoms with Crippen LogP contribution in [0.2, 0.25) is 0 Å². The van der Waals surface area contributed by atoms with Gasteiger partial charge >= 0.3 is 8.60 Å². The highest BCUT2D eigenvalue weighted by Gasteiger charge is 1.99. The second-order valence-electron chi connectivity index (χ2n) is 0.622. The Labute approximate surface area is 42.0 Å². The third-order valence-electron chi connectivity index (χ3n) is 0.289. The summed E-state index contributed by atoms with van der Waals surface area (Å²) in [6.07, 6.45) is 0. The summed E-state index contributed by atoms with van der Waals surface area (Å²) in [6.45, 7) is 0.134. The molecule has 0 saturated heterocycles. The van der Waals surface area contributed by atoms with Crippen molar-refractivity contribution in [3.63, 3.8) is 0 Å². The first-order valence-electron chi connectivity index (χ1n) is 1.44. The predicted molar refractivity (Wildman–Crippen MR) is 23.3 cm³/mol. The van der Waals surface area contributed by atoms with Crippen LogP contribution in [0.15, 0.2) is 0 Å². The van der Waals surface area contributed by atoms with Gasteiger partial charge in [0.05, 0.1) is 0 Å². The fraction of sp³-hybridized carbons (Fsp3) is 0.500. The molecule has 0 aromatic carbocycles. The van der Waals surface area contributed by atoms with Crippen LogP contribution in [0.5, 0.6) is 0 Å². The minimum atomic E-state index is -1.95. The molecule has 1 atom stereocenters. The first-order chi connectivity index (χ1) is 3.31. The van der Waals surface area contributed by atoms with Crippen molar-refractivity contribution in [2.24, 2.45) is 0 Å². The van der Waals surface area contributed by atoms with E-state index in [0.29, 0.717) is 0 Å². The van der Waals surface area contributed by atoms with E-state index >= 15 is 0 Å². The molecule has 0 spiro atoms. The molecule has 0 rings (SSSR count). The zero-order valence-corrected chi connectivity index (χ0v) is 4.59. The van der Waals surface area contributed by atoms with Crippen LogP contribution in [0, 0.1) is 0 Å². The molecule has 0 aromatic heterocycles. The molecule has 1 N–H and O–H groups in total. The highest BCUT2D eigenvalue weighted by atomic mass is 31.2. The summed E-state index contributed by atoms with van der Waals surface area (Å²) in [5, 5.41) is 0. The van der Waals surface area contributed by atoms with Gasteiger partial charge in [0.2, 0.25) is 0 Å². The summed E-state index contributed by atoms with van der Waals surface area (Å²) in [5.74, 6) is 0. The molecule has 0 aliphatic heterocycles. The summed E-state index contributed by atoms with van der Waals surface area (Å²) < 4.78 is 8.07. The minimum Gasteiger partial charge on any atom is -0.397 e. The number of carbonyl (C=O) groups excluding carboxylic acids is 1. The smallest absolute Gasteiger partial charge is 0.396 e. The molecule has 0 saturated carbocycles. The van der Waals surface area contributed by atoms with Crippen molar-refractivity contribution in [3.8, 4) is 0 Å². The van der Waals surface area contributed by atoms with Gasteiger partial charge in [-0.25, -0.2) is 0 Å². The standard InChI is InChI=1S/C2H5O4P/c1-5-7(4)6-2-3/h2,4H,1H3. The second-order valence-corrected chi connectivity index (χ2v) is 1.67. The first-order valence-corrected chi connectivity index (χ1v) is 2.58. The van der Waals surface area contributed by atoms with Gasteiger partial charge in [0.25, 0.3) is 6.47 Å². The maximum atomic E-state index is 9.33. The van der Waals surface area contributed by atoms with Gasteiger partial charge in [0, 0.05) is 7.11 Å². The number of hydrogen-bond donors (Lipinski definition) is 1. The Hall–Kier alpha value is -0.180. The Kier molecular flexibility index (Phi) is 3.89. The maximum Gasteiger partial charge on any atom is 0.396 e. The molecule has 5 heteroatoms. The molecule has 0 aromatic rings. The molecule has 0 heterocycles. The van der Waals surface area contributed by atoms with Crippen molar-refractivity contribution in [1.82, 2.24) is 0 Å². The quantitative estimate of drug-likeness (QED) is 0.425. The topological polar surface area (TPSA) is 55.8 Å². The van der Waals surface area contributed by atoms with Crippen LogP contribution in [0.4, 0.5) is 0 Å². The van der Waals surface area contributed by atoms with Gasteiger partial charge < -0.3 is 13.9 Å². The van der Waals surface area contributed by atoms with Crippen LogP contribution in [0.1, 0.15) is 0 Å². The molecule has 0 aliphatic carbocycles. The van der Waals surface area contributed by atoms with Crippen LogP contribution in [-0.2, 0) is 13.8 Å². The Morgan fingerprint density at radius 1 is 1.86 bits per heavy atom. The van der Waals surface area contributed by atoms with Gasteiger partial charge in [-0.2, -0.15) is 0 Å². The molecule has 0 bridgehead atoms. The Bertz CT molecular complexity index is 55.7. The van der Waals surface area contributed by atoms with E-state index in [-0.39, 0.29) is 6.47 Å². The van der Waals surface area contributed by atoms with E-state index in [9.17, 15) is 4.79 Å². The van der Waals surface area contributed by atoms with Crippen molar-refractivity contribution >= 4 is 15.1 Å².